The molecule has 11 nitrogen and oxygen atoms in total. The van der Waals surface area contributed by atoms with Crippen LogP contribution in [0.5, 0.6) is 28.7 Å². The fourth-order valence-electron chi connectivity index (χ4n) is 4.73. The van der Waals surface area contributed by atoms with Crippen LogP contribution in [0.25, 0.3) is 0 Å². The molecule has 0 amide bonds. The normalized spacial score (nSPS) is 10.4. The van der Waals surface area contributed by atoms with E-state index in [1.807, 2.05) is 48.6 Å². The summed E-state index contributed by atoms with van der Waals surface area (Å²) in [6.07, 6.45) is 7.65. The lowest BCUT2D eigenvalue weighted by Gasteiger charge is -2.12. The number of rotatable bonds is 16. The molecule has 5 rings (SSSR count). The third kappa shape index (κ3) is 9.63. The summed E-state index contributed by atoms with van der Waals surface area (Å²) in [6, 6.07) is 31.6. The number of ether oxygens (including phenoxy) is 4. The molecule has 0 spiro atoms. The molecule has 0 aliphatic heterocycles. The van der Waals surface area contributed by atoms with Crippen LogP contribution in [-0.4, -0.2) is 41.3 Å². The number of para-hydroxylation sites is 1. The van der Waals surface area contributed by atoms with Crippen LogP contribution in [0, 0.1) is 12.5 Å². The highest BCUT2D eigenvalue weighted by Gasteiger charge is 2.20. The molecular formula is C39H30O11. The van der Waals surface area contributed by atoms with Gasteiger partial charge < -0.3 is 34.0 Å². The van der Waals surface area contributed by atoms with Gasteiger partial charge in [0.05, 0.1) is 16.7 Å². The Balaban J connectivity index is 1.11. The number of terminal acetylenes is 1. The van der Waals surface area contributed by atoms with Crippen LogP contribution in [0.15, 0.2) is 115 Å². The number of benzene rings is 5. The summed E-state index contributed by atoms with van der Waals surface area (Å²) in [5, 5.41) is 19.1. The van der Waals surface area contributed by atoms with Gasteiger partial charge in [-0.05, 0) is 90.3 Å². The second kappa shape index (κ2) is 16.9. The molecule has 11 heteroatoms. The second-order valence-corrected chi connectivity index (χ2v) is 10.6. The molecule has 5 aromatic carbocycles. The zero-order valence-electron chi connectivity index (χ0n) is 26.4. The zero-order chi connectivity index (χ0) is 35.3. The van der Waals surface area contributed by atoms with Crippen molar-refractivity contribution < 1.29 is 53.3 Å². The Morgan fingerprint density at radius 2 is 1.18 bits per heavy atom. The maximum atomic E-state index is 12.8. The first kappa shape index (κ1) is 34.6. The van der Waals surface area contributed by atoms with Crippen molar-refractivity contribution >= 4 is 17.9 Å². The van der Waals surface area contributed by atoms with Crippen LogP contribution in [0.3, 0.4) is 0 Å². The Morgan fingerprint density at radius 1 is 0.600 bits per heavy atom. The average molecular weight is 675 g/mol. The first-order chi connectivity index (χ1) is 24.3. The summed E-state index contributed by atoms with van der Waals surface area (Å²) in [4.78, 5) is 46.9. The lowest BCUT2D eigenvalue weighted by Crippen LogP contribution is -2.14. The Bertz CT molecular complexity index is 1980. The lowest BCUT2D eigenvalue weighted by molar-refractivity contribution is -0.217. The molecule has 0 unspecified atom stereocenters. The summed E-state index contributed by atoms with van der Waals surface area (Å²) in [5.74, 6) is -1.32. The first-order valence-corrected chi connectivity index (χ1v) is 15.1. The number of carboxylic acid groups (broad SMARTS) is 2. The van der Waals surface area contributed by atoms with E-state index in [-0.39, 0.29) is 41.4 Å². The minimum Gasteiger partial charge on any atom is -0.490 e. The van der Waals surface area contributed by atoms with Gasteiger partial charge in [-0.15, -0.1) is 0 Å². The predicted octanol–water partition coefficient (Wildman–Crippen LogP) is 6.83. The zero-order valence-corrected chi connectivity index (χ0v) is 26.4. The Labute approximate surface area is 287 Å². The van der Waals surface area contributed by atoms with Gasteiger partial charge in [-0.25, -0.2) is 14.4 Å². The molecule has 0 radical (unpaired) electrons. The molecule has 0 saturated carbocycles. The molecule has 0 atom stereocenters. The van der Waals surface area contributed by atoms with Crippen LogP contribution in [0.4, 0.5) is 0 Å². The van der Waals surface area contributed by atoms with Crippen molar-refractivity contribution in [3.05, 3.63) is 149 Å². The molecule has 0 fully saturated rings. The molecule has 0 saturated heterocycles. The Morgan fingerprint density at radius 3 is 1.82 bits per heavy atom. The quantitative estimate of drug-likeness (QED) is 0.0283. The van der Waals surface area contributed by atoms with E-state index in [4.69, 9.17) is 35.1 Å². The van der Waals surface area contributed by atoms with Crippen molar-refractivity contribution in [1.82, 2.24) is 0 Å². The smallest absolute Gasteiger partial charge is 0.344 e. The van der Waals surface area contributed by atoms with Gasteiger partial charge in [0.25, 0.3) is 0 Å². The summed E-state index contributed by atoms with van der Waals surface area (Å²) in [7, 11) is 0. The number of aromatic carboxylic acids is 2. The van der Waals surface area contributed by atoms with Gasteiger partial charge in [-0.1, -0.05) is 48.9 Å². The molecule has 0 aromatic heterocycles. The van der Waals surface area contributed by atoms with Crippen molar-refractivity contribution in [2.45, 2.75) is 13.0 Å². The molecule has 0 aliphatic carbocycles. The molecule has 0 bridgehead atoms. The second-order valence-electron chi connectivity index (χ2n) is 10.6. The van der Waals surface area contributed by atoms with Crippen molar-refractivity contribution in [1.29, 1.82) is 0 Å². The fraction of sp³-hybridized carbons (Fsp3) is 0.103. The molecule has 2 N–H and O–H groups in total. The number of carbonyl (C=O) groups excluding carboxylic acids is 1. The van der Waals surface area contributed by atoms with Gasteiger partial charge >= 0.3 is 17.9 Å². The summed E-state index contributed by atoms with van der Waals surface area (Å²) in [5.41, 5.74) is 1.85. The first-order valence-electron chi connectivity index (χ1n) is 15.1. The topological polar surface area (TPSA) is 147 Å². The van der Waals surface area contributed by atoms with E-state index in [9.17, 15) is 24.6 Å². The number of hydrogen-bond donors (Lipinski definition) is 2. The Kier molecular flexibility index (Phi) is 11.7. The van der Waals surface area contributed by atoms with E-state index >= 15 is 0 Å². The summed E-state index contributed by atoms with van der Waals surface area (Å²) in [6.45, 7) is 0.435. The van der Waals surface area contributed by atoms with Crippen LogP contribution < -0.4 is 23.8 Å². The Hall–Kier alpha value is -6.77. The van der Waals surface area contributed by atoms with Crippen LogP contribution in [-0.2, 0) is 17.9 Å². The molecule has 50 heavy (non-hydrogen) atoms. The summed E-state index contributed by atoms with van der Waals surface area (Å²) < 4.78 is 21.7. The van der Waals surface area contributed by atoms with E-state index in [1.54, 1.807) is 48.5 Å². The molecule has 0 heterocycles. The molecule has 252 valence electrons. The predicted molar refractivity (Wildman–Crippen MR) is 180 cm³/mol. The van der Waals surface area contributed by atoms with E-state index in [1.165, 1.54) is 24.3 Å². The van der Waals surface area contributed by atoms with Crippen LogP contribution in [0.1, 0.15) is 47.8 Å². The molecule has 5 aromatic rings. The standard InChI is InChI=1S/C39H30O11/c1-2-45-33-17-19-35(38(42)43)36(24-33)39(44)49-30-12-8-26(9-13-30)22-27-10-14-31(15-11-27)50-48-25-28-23-32(16-18-34(28)37(40)41)47-21-20-46-29-6-4-3-5-7-29/h1,3-19,23-24H,20-22,25H2,(H,40,41)(H,42,43). The number of carboxylic acids is 2. The van der Waals surface area contributed by atoms with E-state index in [2.05, 4.69) is 0 Å². The summed E-state index contributed by atoms with van der Waals surface area (Å²) >= 11 is 0. The van der Waals surface area contributed by atoms with Crippen LogP contribution in [0.2, 0.25) is 0 Å². The lowest BCUT2D eigenvalue weighted by atomic mass is 10.0. The number of esters is 1. The van der Waals surface area contributed by atoms with E-state index in [0.717, 1.165) is 16.9 Å². The number of carbonyl (C=O) groups is 3. The van der Waals surface area contributed by atoms with Gasteiger partial charge in [0.2, 0.25) is 0 Å². The third-order valence-electron chi connectivity index (χ3n) is 7.12. The minimum atomic E-state index is -1.30. The fourth-order valence-corrected chi connectivity index (χ4v) is 4.73. The monoisotopic (exact) mass is 674 g/mol. The van der Waals surface area contributed by atoms with Gasteiger partial charge in [0.1, 0.15) is 48.9 Å². The third-order valence-corrected chi connectivity index (χ3v) is 7.12. The van der Waals surface area contributed by atoms with Gasteiger partial charge in [0.15, 0.2) is 5.75 Å². The van der Waals surface area contributed by atoms with Gasteiger partial charge in [0, 0.05) is 5.56 Å². The van der Waals surface area contributed by atoms with Crippen molar-refractivity contribution in [2.75, 3.05) is 13.2 Å². The molecule has 0 aliphatic rings. The highest BCUT2D eigenvalue weighted by molar-refractivity contribution is 6.03. The van der Waals surface area contributed by atoms with Crippen molar-refractivity contribution in [2.24, 2.45) is 0 Å². The average Bonchev–Trinajstić information content (AvgIpc) is 3.12. The minimum absolute atomic E-state index is 0.0616. The van der Waals surface area contributed by atoms with Crippen LogP contribution >= 0.6 is 0 Å². The highest BCUT2D eigenvalue weighted by Crippen LogP contribution is 2.24. The maximum Gasteiger partial charge on any atom is 0.344 e. The van der Waals surface area contributed by atoms with Gasteiger partial charge in [-0.2, -0.15) is 4.89 Å². The van der Waals surface area contributed by atoms with E-state index in [0.29, 0.717) is 30.1 Å². The largest absolute Gasteiger partial charge is 0.490 e. The molecular weight excluding hydrogens is 644 g/mol. The SMILES string of the molecule is C#COc1ccc(C(=O)O)c(C(=O)Oc2ccc(Cc3ccc(OOCc4cc(OCCOc5ccccc5)ccc4C(=O)O)cc3)cc2)c1. The number of hydrogen-bond acceptors (Lipinski definition) is 9. The maximum absolute atomic E-state index is 12.8. The highest BCUT2D eigenvalue weighted by atomic mass is 17.2. The van der Waals surface area contributed by atoms with Crippen molar-refractivity contribution in [3.63, 3.8) is 0 Å². The van der Waals surface area contributed by atoms with E-state index < -0.39 is 17.9 Å². The van der Waals surface area contributed by atoms with Gasteiger partial charge in [-0.3, -0.25) is 0 Å². The van der Waals surface area contributed by atoms with Crippen molar-refractivity contribution in [3.8, 4) is 41.3 Å².